The Kier molecular flexibility index (Phi) is 8.53. The third kappa shape index (κ3) is 6.50. The Morgan fingerprint density at radius 3 is 2.56 bits per heavy atom. The Hall–Kier alpha value is -3.53. The number of rotatable bonds is 10. The lowest BCUT2D eigenvalue weighted by Gasteiger charge is -2.16. The highest BCUT2D eigenvalue weighted by Gasteiger charge is 2.20. The molecule has 2 amide bonds. The van der Waals surface area contributed by atoms with Gasteiger partial charge in [-0.2, -0.15) is 0 Å². The van der Waals surface area contributed by atoms with Crippen molar-refractivity contribution in [2.24, 2.45) is 0 Å². The quantitative estimate of drug-likeness (QED) is 0.410. The van der Waals surface area contributed by atoms with Crippen LogP contribution in [0, 0.1) is 6.92 Å². The summed E-state index contributed by atoms with van der Waals surface area (Å²) in [6.45, 7) is 7.87. The van der Waals surface area contributed by atoms with E-state index in [9.17, 15) is 9.59 Å². The lowest BCUT2D eigenvalue weighted by atomic mass is 10.1. The van der Waals surface area contributed by atoms with Gasteiger partial charge < -0.3 is 24.7 Å². The molecule has 0 spiro atoms. The molecular formula is C24H29N5O4S. The molecule has 0 aliphatic rings. The zero-order valence-electron chi connectivity index (χ0n) is 19.9. The lowest BCUT2D eigenvalue weighted by molar-refractivity contribution is -0.114. The van der Waals surface area contributed by atoms with Gasteiger partial charge in [-0.15, -0.1) is 10.2 Å². The highest BCUT2D eigenvalue weighted by molar-refractivity contribution is 7.99. The van der Waals surface area contributed by atoms with Crippen LogP contribution in [0.15, 0.2) is 47.6 Å². The van der Waals surface area contributed by atoms with Crippen molar-refractivity contribution >= 4 is 35.0 Å². The second-order valence-electron chi connectivity index (χ2n) is 7.57. The van der Waals surface area contributed by atoms with Gasteiger partial charge in [0.1, 0.15) is 11.5 Å². The third-order valence-corrected chi connectivity index (χ3v) is 5.90. The fraction of sp³-hybridized carbons (Fsp3) is 0.333. The maximum Gasteiger partial charge on any atom is 0.234 e. The van der Waals surface area contributed by atoms with Gasteiger partial charge in [0, 0.05) is 30.9 Å². The van der Waals surface area contributed by atoms with Gasteiger partial charge in [-0.25, -0.2) is 0 Å². The number of hydrogen-bond acceptors (Lipinski definition) is 7. The molecule has 0 radical (unpaired) electrons. The highest BCUT2D eigenvalue weighted by Crippen LogP contribution is 2.27. The average molecular weight is 484 g/mol. The van der Waals surface area contributed by atoms with E-state index in [1.807, 2.05) is 55.7 Å². The Morgan fingerprint density at radius 2 is 1.88 bits per heavy atom. The van der Waals surface area contributed by atoms with Crippen LogP contribution in [0.25, 0.3) is 0 Å². The van der Waals surface area contributed by atoms with Crippen molar-refractivity contribution in [1.29, 1.82) is 0 Å². The van der Waals surface area contributed by atoms with Crippen molar-refractivity contribution in [1.82, 2.24) is 14.8 Å². The number of nitrogens with zero attached hydrogens (tertiary/aromatic N) is 3. The number of methoxy groups -OCH3 is 1. The summed E-state index contributed by atoms with van der Waals surface area (Å²) in [6.07, 6.45) is -0.340. The molecule has 10 heteroatoms. The van der Waals surface area contributed by atoms with Gasteiger partial charge in [0.2, 0.25) is 11.8 Å². The molecule has 0 bridgehead atoms. The van der Waals surface area contributed by atoms with E-state index in [1.165, 1.54) is 18.7 Å². The molecule has 1 unspecified atom stereocenters. The molecule has 180 valence electrons. The number of benzene rings is 2. The standard InChI is InChI=1S/C24H29N5O4S/c1-6-29-23(16(3)33-20-9-7-8-19(13-20)32-5)27-28-24(29)34-14-22(31)26-18-10-11-21(15(2)12-18)25-17(4)30/h7-13,16H,6,14H2,1-5H3,(H,25,30)(H,26,31). The number of ether oxygens (including phenoxy) is 2. The fourth-order valence-electron chi connectivity index (χ4n) is 3.33. The minimum absolute atomic E-state index is 0.140. The maximum atomic E-state index is 12.5. The molecule has 34 heavy (non-hydrogen) atoms. The second-order valence-corrected chi connectivity index (χ2v) is 8.51. The summed E-state index contributed by atoms with van der Waals surface area (Å²) >= 11 is 1.31. The summed E-state index contributed by atoms with van der Waals surface area (Å²) in [5, 5.41) is 14.8. The summed E-state index contributed by atoms with van der Waals surface area (Å²) in [5.74, 6) is 1.94. The molecule has 0 fully saturated rings. The fourth-order valence-corrected chi connectivity index (χ4v) is 4.14. The molecule has 0 aliphatic heterocycles. The number of carbonyl (C=O) groups excluding carboxylic acids is 2. The number of hydrogen-bond donors (Lipinski definition) is 2. The predicted molar refractivity (Wildman–Crippen MR) is 133 cm³/mol. The third-order valence-electron chi connectivity index (χ3n) is 4.93. The van der Waals surface area contributed by atoms with E-state index < -0.39 is 0 Å². The SMILES string of the molecule is CCn1c(SCC(=O)Nc2ccc(NC(C)=O)c(C)c2)nnc1C(C)Oc1cccc(OC)c1. The van der Waals surface area contributed by atoms with Crippen molar-refractivity contribution < 1.29 is 19.1 Å². The van der Waals surface area contributed by atoms with Crippen LogP contribution in [-0.2, 0) is 16.1 Å². The van der Waals surface area contributed by atoms with Crippen LogP contribution in [0.2, 0.25) is 0 Å². The van der Waals surface area contributed by atoms with E-state index in [0.717, 1.165) is 5.56 Å². The smallest absolute Gasteiger partial charge is 0.234 e. The Balaban J connectivity index is 1.61. The molecule has 3 rings (SSSR count). The van der Waals surface area contributed by atoms with Crippen LogP contribution in [0.4, 0.5) is 11.4 Å². The van der Waals surface area contributed by atoms with E-state index in [4.69, 9.17) is 9.47 Å². The van der Waals surface area contributed by atoms with Gasteiger partial charge in [-0.3, -0.25) is 9.59 Å². The first-order valence-electron chi connectivity index (χ1n) is 10.8. The number of thioether (sulfide) groups is 1. The number of carbonyl (C=O) groups is 2. The maximum absolute atomic E-state index is 12.5. The molecule has 0 saturated heterocycles. The Labute approximate surface area is 203 Å². The normalized spacial score (nSPS) is 11.6. The minimum Gasteiger partial charge on any atom is -0.497 e. The van der Waals surface area contributed by atoms with Crippen molar-refractivity contribution in [2.75, 3.05) is 23.5 Å². The zero-order valence-corrected chi connectivity index (χ0v) is 20.7. The van der Waals surface area contributed by atoms with Crippen LogP contribution in [0.3, 0.4) is 0 Å². The predicted octanol–water partition coefficient (Wildman–Crippen LogP) is 4.44. The van der Waals surface area contributed by atoms with Crippen molar-refractivity contribution in [3.8, 4) is 11.5 Å². The average Bonchev–Trinajstić information content (AvgIpc) is 3.22. The Morgan fingerprint density at radius 1 is 1.12 bits per heavy atom. The van der Waals surface area contributed by atoms with E-state index in [2.05, 4.69) is 20.8 Å². The zero-order chi connectivity index (χ0) is 24.7. The first kappa shape index (κ1) is 25.1. The molecular weight excluding hydrogens is 454 g/mol. The van der Waals surface area contributed by atoms with Crippen LogP contribution in [0.5, 0.6) is 11.5 Å². The second kappa shape index (κ2) is 11.6. The number of nitrogens with one attached hydrogen (secondary N) is 2. The van der Waals surface area contributed by atoms with Crippen LogP contribution >= 0.6 is 11.8 Å². The van der Waals surface area contributed by atoms with Gasteiger partial charge in [0.05, 0.1) is 12.9 Å². The molecule has 9 nitrogen and oxygen atoms in total. The monoisotopic (exact) mass is 483 g/mol. The minimum atomic E-state index is -0.340. The molecule has 2 N–H and O–H groups in total. The highest BCUT2D eigenvalue weighted by atomic mass is 32.2. The number of aryl methyl sites for hydroxylation is 1. The molecule has 1 atom stereocenters. The molecule has 0 aliphatic carbocycles. The number of amides is 2. The van der Waals surface area contributed by atoms with Crippen molar-refractivity contribution in [3.05, 3.63) is 53.9 Å². The molecule has 1 heterocycles. The molecule has 2 aromatic carbocycles. The summed E-state index contributed by atoms with van der Waals surface area (Å²) in [4.78, 5) is 23.8. The summed E-state index contributed by atoms with van der Waals surface area (Å²) < 4.78 is 13.2. The summed E-state index contributed by atoms with van der Waals surface area (Å²) in [7, 11) is 1.61. The van der Waals surface area contributed by atoms with Crippen LogP contribution in [0.1, 0.15) is 38.3 Å². The van der Waals surface area contributed by atoms with E-state index in [0.29, 0.717) is 40.4 Å². The van der Waals surface area contributed by atoms with Crippen molar-refractivity contribution in [3.63, 3.8) is 0 Å². The van der Waals surface area contributed by atoms with E-state index in [1.54, 1.807) is 19.2 Å². The first-order valence-corrected chi connectivity index (χ1v) is 11.8. The summed E-state index contributed by atoms with van der Waals surface area (Å²) in [6, 6.07) is 12.7. The van der Waals surface area contributed by atoms with Gasteiger partial charge >= 0.3 is 0 Å². The van der Waals surface area contributed by atoms with E-state index in [-0.39, 0.29) is 23.7 Å². The van der Waals surface area contributed by atoms with Gasteiger partial charge in [0.25, 0.3) is 0 Å². The van der Waals surface area contributed by atoms with Crippen LogP contribution < -0.4 is 20.1 Å². The van der Waals surface area contributed by atoms with E-state index >= 15 is 0 Å². The van der Waals surface area contributed by atoms with Gasteiger partial charge in [0.15, 0.2) is 17.1 Å². The Bertz CT molecular complexity index is 1160. The molecule has 3 aromatic rings. The molecule has 1 aromatic heterocycles. The largest absolute Gasteiger partial charge is 0.497 e. The topological polar surface area (TPSA) is 107 Å². The number of anilines is 2. The summed E-state index contributed by atoms with van der Waals surface area (Å²) in [5.41, 5.74) is 2.24. The van der Waals surface area contributed by atoms with Crippen LogP contribution in [-0.4, -0.2) is 39.4 Å². The number of aromatic nitrogens is 3. The van der Waals surface area contributed by atoms with Gasteiger partial charge in [-0.05, 0) is 56.7 Å². The van der Waals surface area contributed by atoms with Crippen molar-refractivity contribution in [2.45, 2.75) is 45.5 Å². The first-order chi connectivity index (χ1) is 16.3. The van der Waals surface area contributed by atoms with Gasteiger partial charge in [-0.1, -0.05) is 17.8 Å². The lowest BCUT2D eigenvalue weighted by Crippen LogP contribution is -2.16. The molecule has 0 saturated carbocycles.